The number of aromatic amines is 1. The minimum atomic E-state index is -4.00. The van der Waals surface area contributed by atoms with E-state index in [1.165, 1.54) is 13.3 Å². The summed E-state index contributed by atoms with van der Waals surface area (Å²) >= 11 is 5.88. The summed E-state index contributed by atoms with van der Waals surface area (Å²) < 4.78 is 32.7. The third kappa shape index (κ3) is 3.33. The van der Waals surface area contributed by atoms with Gasteiger partial charge in [-0.15, -0.1) is 0 Å². The lowest BCUT2D eigenvalue weighted by atomic mass is 10.3. The number of nitriles is 1. The predicted molar refractivity (Wildman–Crippen MR) is 89.8 cm³/mol. The van der Waals surface area contributed by atoms with Crippen LogP contribution in [0.15, 0.2) is 29.4 Å². The van der Waals surface area contributed by atoms with Crippen LogP contribution in [0.25, 0.3) is 10.9 Å². The number of benzene rings is 1. The molecule has 3 rings (SSSR count). The van der Waals surface area contributed by atoms with Crippen LogP contribution in [0.3, 0.4) is 0 Å². The Kier molecular flexibility index (Phi) is 4.43. The molecule has 0 bridgehead atoms. The van der Waals surface area contributed by atoms with Crippen molar-refractivity contribution >= 4 is 38.2 Å². The molecule has 25 heavy (non-hydrogen) atoms. The molecular weight excluding hydrogens is 368 g/mol. The molecule has 0 unspecified atom stereocenters. The van der Waals surface area contributed by atoms with E-state index in [-0.39, 0.29) is 28.8 Å². The highest BCUT2D eigenvalue weighted by Gasteiger charge is 2.23. The lowest BCUT2D eigenvalue weighted by molar-refractivity contribution is 0.397. The fourth-order valence-corrected chi connectivity index (χ4v) is 3.47. The molecule has 0 spiro atoms. The molecule has 11 heteroatoms. The molecule has 2 N–H and O–H groups in total. The minimum Gasteiger partial charge on any atom is -0.479 e. The zero-order valence-corrected chi connectivity index (χ0v) is 14.4. The van der Waals surface area contributed by atoms with Gasteiger partial charge in [0, 0.05) is 10.4 Å². The molecule has 0 aliphatic carbocycles. The molecule has 1 aromatic carbocycles. The first-order valence-electron chi connectivity index (χ1n) is 6.88. The summed E-state index contributed by atoms with van der Waals surface area (Å²) in [4.78, 5) is 7.93. The average molecular weight is 379 g/mol. The molecule has 128 valence electrons. The Morgan fingerprint density at radius 2 is 2.24 bits per heavy atom. The highest BCUT2D eigenvalue weighted by molar-refractivity contribution is 7.92. The van der Waals surface area contributed by atoms with Crippen LogP contribution in [-0.4, -0.2) is 35.7 Å². The summed E-state index contributed by atoms with van der Waals surface area (Å²) in [7, 11) is -2.67. The highest BCUT2D eigenvalue weighted by Crippen LogP contribution is 2.27. The first-order valence-corrected chi connectivity index (χ1v) is 8.74. The molecule has 2 heterocycles. The second-order valence-corrected chi connectivity index (χ2v) is 6.92. The number of hydrogen-bond donors (Lipinski definition) is 2. The van der Waals surface area contributed by atoms with Crippen LogP contribution in [0.5, 0.6) is 5.88 Å². The summed E-state index contributed by atoms with van der Waals surface area (Å²) in [6.07, 6.45) is 1.22. The van der Waals surface area contributed by atoms with Gasteiger partial charge in [0.05, 0.1) is 31.3 Å². The number of nitrogens with one attached hydrogen (secondary N) is 2. The van der Waals surface area contributed by atoms with Crippen molar-refractivity contribution in [3.8, 4) is 11.9 Å². The number of hydrogen-bond acceptors (Lipinski definition) is 7. The molecule has 0 fully saturated rings. The van der Waals surface area contributed by atoms with Crippen LogP contribution in [0.2, 0.25) is 5.02 Å². The van der Waals surface area contributed by atoms with Crippen LogP contribution >= 0.6 is 11.6 Å². The van der Waals surface area contributed by atoms with Crippen molar-refractivity contribution in [3.63, 3.8) is 0 Å². The summed E-state index contributed by atoms with van der Waals surface area (Å²) in [5, 5.41) is 15.8. The Balaban J connectivity index is 2.00. The number of methoxy groups -OCH3 is 1. The number of ether oxygens (including phenoxy) is 1. The SMILES string of the molecule is COc1nc(CC#N)ncc1NS(=O)(=O)c1[nH]nc2cc(Cl)ccc12. The summed E-state index contributed by atoms with van der Waals surface area (Å²) in [5.41, 5.74) is 0.460. The van der Waals surface area contributed by atoms with Gasteiger partial charge in [0.15, 0.2) is 5.03 Å². The minimum absolute atomic E-state index is 0.00990. The van der Waals surface area contributed by atoms with E-state index in [0.717, 1.165) is 0 Å². The number of anilines is 1. The van der Waals surface area contributed by atoms with Crippen molar-refractivity contribution in [3.05, 3.63) is 35.2 Å². The van der Waals surface area contributed by atoms with Crippen LogP contribution < -0.4 is 9.46 Å². The molecular formula is C14H11ClN6O3S. The quantitative estimate of drug-likeness (QED) is 0.692. The molecule has 0 saturated carbocycles. The summed E-state index contributed by atoms with van der Waals surface area (Å²) in [5.74, 6) is 0.236. The molecule has 0 radical (unpaired) electrons. The third-order valence-corrected chi connectivity index (χ3v) is 4.80. The third-order valence-electron chi connectivity index (χ3n) is 3.23. The maximum absolute atomic E-state index is 12.7. The van der Waals surface area contributed by atoms with Crippen molar-refractivity contribution in [1.82, 2.24) is 20.2 Å². The number of sulfonamides is 1. The molecule has 0 aliphatic heterocycles. The van der Waals surface area contributed by atoms with E-state index < -0.39 is 10.0 Å². The van der Waals surface area contributed by atoms with Gasteiger partial charge < -0.3 is 4.74 Å². The lowest BCUT2D eigenvalue weighted by Crippen LogP contribution is -2.15. The van der Waals surface area contributed by atoms with Gasteiger partial charge in [-0.1, -0.05) is 11.6 Å². The summed E-state index contributed by atoms with van der Waals surface area (Å²) in [6.45, 7) is 0. The van der Waals surface area contributed by atoms with Gasteiger partial charge in [-0.05, 0) is 18.2 Å². The maximum atomic E-state index is 12.7. The van der Waals surface area contributed by atoms with Gasteiger partial charge in [0.1, 0.15) is 11.5 Å². The number of H-pyrrole nitrogens is 1. The van der Waals surface area contributed by atoms with Gasteiger partial charge >= 0.3 is 0 Å². The molecule has 0 amide bonds. The van der Waals surface area contributed by atoms with Crippen molar-refractivity contribution in [2.75, 3.05) is 11.8 Å². The van der Waals surface area contributed by atoms with Crippen molar-refractivity contribution in [2.24, 2.45) is 0 Å². The van der Waals surface area contributed by atoms with Gasteiger partial charge in [0.25, 0.3) is 10.0 Å². The molecule has 9 nitrogen and oxygen atoms in total. The van der Waals surface area contributed by atoms with Gasteiger partial charge in [-0.2, -0.15) is 23.8 Å². The maximum Gasteiger partial charge on any atom is 0.279 e. The Labute approximate surface area is 147 Å². The highest BCUT2D eigenvalue weighted by atomic mass is 35.5. The molecule has 0 saturated heterocycles. The average Bonchev–Trinajstić information content (AvgIpc) is 3.00. The molecule has 0 aliphatic rings. The second-order valence-electron chi connectivity index (χ2n) is 4.86. The Morgan fingerprint density at radius 3 is 2.96 bits per heavy atom. The molecule has 2 aromatic heterocycles. The zero-order chi connectivity index (χ0) is 18.0. The molecule has 0 atom stereocenters. The number of aromatic nitrogens is 4. The van der Waals surface area contributed by atoms with Crippen molar-refractivity contribution < 1.29 is 13.2 Å². The van der Waals surface area contributed by atoms with Gasteiger partial charge in [-0.3, -0.25) is 9.82 Å². The first-order chi connectivity index (χ1) is 11.9. The van der Waals surface area contributed by atoms with E-state index >= 15 is 0 Å². The van der Waals surface area contributed by atoms with Gasteiger partial charge in [0.2, 0.25) is 5.88 Å². The lowest BCUT2D eigenvalue weighted by Gasteiger charge is -2.10. The standard InChI is InChI=1S/C14H11ClN6O3S/c1-24-13-11(7-17-12(18-13)4-5-16)21-25(22,23)14-9-3-2-8(15)6-10(9)19-20-14/h2-3,6-7,21H,4H2,1H3,(H,19,20). The van der Waals surface area contributed by atoms with Gasteiger partial charge in [-0.25, -0.2) is 4.98 Å². The van der Waals surface area contributed by atoms with Crippen LogP contribution in [0, 0.1) is 11.3 Å². The van der Waals surface area contributed by atoms with E-state index in [1.807, 2.05) is 6.07 Å². The number of fused-ring (bicyclic) bond motifs is 1. The van der Waals surface area contributed by atoms with Crippen LogP contribution in [-0.2, 0) is 16.4 Å². The number of nitrogens with zero attached hydrogens (tertiary/aromatic N) is 4. The summed E-state index contributed by atoms with van der Waals surface area (Å²) in [6, 6.07) is 6.58. The normalized spacial score (nSPS) is 11.2. The first kappa shape index (κ1) is 16.9. The van der Waals surface area contributed by atoms with E-state index in [0.29, 0.717) is 15.9 Å². The number of halogens is 1. The Hall–Kier alpha value is -2.90. The van der Waals surface area contributed by atoms with Crippen molar-refractivity contribution in [2.45, 2.75) is 11.4 Å². The second kappa shape index (κ2) is 6.54. The van der Waals surface area contributed by atoms with E-state index in [2.05, 4.69) is 24.9 Å². The topological polar surface area (TPSA) is 134 Å². The predicted octanol–water partition coefficient (Wildman–Crippen LogP) is 1.88. The fourth-order valence-electron chi connectivity index (χ4n) is 2.14. The Bertz CT molecular complexity index is 1090. The number of rotatable bonds is 5. The smallest absolute Gasteiger partial charge is 0.279 e. The Morgan fingerprint density at radius 1 is 1.44 bits per heavy atom. The van der Waals surface area contributed by atoms with E-state index in [4.69, 9.17) is 21.6 Å². The monoisotopic (exact) mass is 378 g/mol. The fraction of sp³-hybridized carbons (Fsp3) is 0.143. The molecule has 3 aromatic rings. The largest absolute Gasteiger partial charge is 0.479 e. The zero-order valence-electron chi connectivity index (χ0n) is 12.8. The van der Waals surface area contributed by atoms with E-state index in [9.17, 15) is 8.42 Å². The van der Waals surface area contributed by atoms with Crippen LogP contribution in [0.1, 0.15) is 5.82 Å². The van der Waals surface area contributed by atoms with Crippen molar-refractivity contribution in [1.29, 1.82) is 5.26 Å². The van der Waals surface area contributed by atoms with E-state index in [1.54, 1.807) is 18.2 Å². The van der Waals surface area contributed by atoms with Crippen LogP contribution in [0.4, 0.5) is 5.69 Å².